The van der Waals surface area contributed by atoms with Crippen molar-refractivity contribution >= 4 is 5.91 Å². The zero-order chi connectivity index (χ0) is 9.40. The summed E-state index contributed by atoms with van der Waals surface area (Å²) < 4.78 is 4.83. The molecule has 4 nitrogen and oxygen atoms in total. The van der Waals surface area contributed by atoms with Gasteiger partial charge in [-0.25, -0.2) is 0 Å². The van der Waals surface area contributed by atoms with E-state index in [1.165, 1.54) is 0 Å². The van der Waals surface area contributed by atoms with Crippen molar-refractivity contribution in [3.63, 3.8) is 0 Å². The number of nitrogens with one attached hydrogen (secondary N) is 1. The number of amides is 1. The van der Waals surface area contributed by atoms with Crippen LogP contribution in [-0.2, 0) is 9.53 Å². The molecule has 1 amide bonds. The van der Waals surface area contributed by atoms with Gasteiger partial charge in [-0.3, -0.25) is 4.79 Å². The van der Waals surface area contributed by atoms with Crippen LogP contribution in [-0.4, -0.2) is 32.2 Å². The summed E-state index contributed by atoms with van der Waals surface area (Å²) in [6.07, 6.45) is 1.51. The van der Waals surface area contributed by atoms with Crippen molar-refractivity contribution in [2.75, 3.05) is 20.3 Å². The molecule has 0 aromatic carbocycles. The van der Waals surface area contributed by atoms with Gasteiger partial charge < -0.3 is 15.8 Å². The molecule has 0 bridgehead atoms. The average molecular weight is 174 g/mol. The van der Waals surface area contributed by atoms with Gasteiger partial charge in [0, 0.05) is 20.3 Å². The van der Waals surface area contributed by atoms with E-state index in [1.54, 1.807) is 7.11 Å². The van der Waals surface area contributed by atoms with Crippen LogP contribution < -0.4 is 11.1 Å². The fourth-order valence-electron chi connectivity index (χ4n) is 0.745. The summed E-state index contributed by atoms with van der Waals surface area (Å²) in [4.78, 5) is 11.1. The van der Waals surface area contributed by atoms with Crippen molar-refractivity contribution in [1.29, 1.82) is 0 Å². The van der Waals surface area contributed by atoms with Crippen LogP contribution in [0.1, 0.15) is 19.8 Å². The summed E-state index contributed by atoms with van der Waals surface area (Å²) >= 11 is 0. The largest absolute Gasteiger partial charge is 0.385 e. The molecule has 0 unspecified atom stereocenters. The third-order valence-electron chi connectivity index (χ3n) is 1.60. The molecule has 0 radical (unpaired) electrons. The van der Waals surface area contributed by atoms with Gasteiger partial charge in [-0.05, 0) is 12.8 Å². The molecule has 0 spiro atoms. The first-order valence-corrected chi connectivity index (χ1v) is 4.24. The maximum Gasteiger partial charge on any atom is 0.236 e. The summed E-state index contributed by atoms with van der Waals surface area (Å²) in [7, 11) is 1.64. The van der Waals surface area contributed by atoms with Crippen LogP contribution in [0, 0.1) is 0 Å². The molecule has 0 aliphatic heterocycles. The number of hydrogen-bond acceptors (Lipinski definition) is 3. The average Bonchev–Trinajstić information content (AvgIpc) is 2.10. The number of nitrogens with two attached hydrogens (primary N) is 1. The maximum atomic E-state index is 11.1. The lowest BCUT2D eigenvalue weighted by Gasteiger charge is -2.09. The Bertz CT molecular complexity index is 128. The molecule has 0 saturated heterocycles. The number of carbonyl (C=O) groups is 1. The van der Waals surface area contributed by atoms with Crippen molar-refractivity contribution in [3.8, 4) is 0 Å². The first kappa shape index (κ1) is 11.4. The number of hydrogen-bond donors (Lipinski definition) is 2. The third-order valence-corrected chi connectivity index (χ3v) is 1.60. The normalized spacial score (nSPS) is 12.6. The molecule has 0 heterocycles. The second kappa shape index (κ2) is 7.06. The highest BCUT2D eigenvalue weighted by Crippen LogP contribution is 1.85. The summed E-state index contributed by atoms with van der Waals surface area (Å²) in [6.45, 7) is 3.20. The van der Waals surface area contributed by atoms with Gasteiger partial charge in [0.05, 0.1) is 6.04 Å². The van der Waals surface area contributed by atoms with Crippen molar-refractivity contribution < 1.29 is 9.53 Å². The van der Waals surface area contributed by atoms with Crippen molar-refractivity contribution in [3.05, 3.63) is 0 Å². The second-order valence-electron chi connectivity index (χ2n) is 2.65. The molecule has 0 rings (SSSR count). The number of carbonyl (C=O) groups excluding carboxylic acids is 1. The Morgan fingerprint density at radius 1 is 1.67 bits per heavy atom. The van der Waals surface area contributed by atoms with E-state index < -0.39 is 0 Å². The quantitative estimate of drug-likeness (QED) is 0.552. The fraction of sp³-hybridized carbons (Fsp3) is 0.875. The Morgan fingerprint density at radius 2 is 2.33 bits per heavy atom. The number of rotatable bonds is 6. The zero-order valence-corrected chi connectivity index (χ0v) is 7.80. The third kappa shape index (κ3) is 5.09. The highest BCUT2D eigenvalue weighted by molar-refractivity contribution is 5.81. The van der Waals surface area contributed by atoms with Crippen LogP contribution in [0.2, 0.25) is 0 Å². The Kier molecular flexibility index (Phi) is 6.70. The molecular weight excluding hydrogens is 156 g/mol. The van der Waals surface area contributed by atoms with E-state index in [1.807, 2.05) is 6.92 Å². The van der Waals surface area contributed by atoms with Crippen LogP contribution >= 0.6 is 0 Å². The topological polar surface area (TPSA) is 64.4 Å². The Labute approximate surface area is 73.5 Å². The second-order valence-corrected chi connectivity index (χ2v) is 2.65. The lowest BCUT2D eigenvalue weighted by atomic mass is 10.2. The molecule has 72 valence electrons. The Morgan fingerprint density at radius 3 is 2.83 bits per heavy atom. The van der Waals surface area contributed by atoms with Gasteiger partial charge >= 0.3 is 0 Å². The molecule has 3 N–H and O–H groups in total. The van der Waals surface area contributed by atoms with Crippen molar-refractivity contribution in [2.45, 2.75) is 25.8 Å². The van der Waals surface area contributed by atoms with Gasteiger partial charge in [-0.15, -0.1) is 0 Å². The van der Waals surface area contributed by atoms with E-state index in [0.717, 1.165) is 6.42 Å². The predicted molar refractivity (Wildman–Crippen MR) is 47.8 cm³/mol. The van der Waals surface area contributed by atoms with Gasteiger partial charge in [-0.1, -0.05) is 6.92 Å². The van der Waals surface area contributed by atoms with E-state index in [2.05, 4.69) is 5.32 Å². The number of methoxy groups -OCH3 is 1. The SMILES string of the molecule is CC[C@@H](N)C(=O)NCCCOC. The van der Waals surface area contributed by atoms with Crippen LogP contribution in [0.25, 0.3) is 0 Å². The van der Waals surface area contributed by atoms with Crippen LogP contribution in [0.5, 0.6) is 0 Å². The first-order chi connectivity index (χ1) is 5.72. The van der Waals surface area contributed by atoms with Gasteiger partial charge in [0.25, 0.3) is 0 Å². The van der Waals surface area contributed by atoms with E-state index >= 15 is 0 Å². The molecule has 12 heavy (non-hydrogen) atoms. The van der Waals surface area contributed by atoms with E-state index in [0.29, 0.717) is 19.6 Å². The van der Waals surface area contributed by atoms with Crippen molar-refractivity contribution in [2.24, 2.45) is 5.73 Å². The van der Waals surface area contributed by atoms with Crippen LogP contribution in [0.4, 0.5) is 0 Å². The molecule has 4 heteroatoms. The van der Waals surface area contributed by atoms with E-state index in [9.17, 15) is 4.79 Å². The molecular formula is C8H18N2O2. The lowest BCUT2D eigenvalue weighted by Crippen LogP contribution is -2.40. The molecule has 0 aromatic heterocycles. The summed E-state index contributed by atoms with van der Waals surface area (Å²) in [5.74, 6) is -0.0754. The molecule has 1 atom stereocenters. The summed E-state index contributed by atoms with van der Waals surface area (Å²) in [6, 6.07) is -0.368. The molecule has 0 saturated carbocycles. The van der Waals surface area contributed by atoms with Gasteiger partial charge in [0.1, 0.15) is 0 Å². The molecule has 0 fully saturated rings. The number of ether oxygens (including phenoxy) is 1. The van der Waals surface area contributed by atoms with Gasteiger partial charge in [0.15, 0.2) is 0 Å². The van der Waals surface area contributed by atoms with E-state index in [4.69, 9.17) is 10.5 Å². The lowest BCUT2D eigenvalue weighted by molar-refractivity contribution is -0.122. The van der Waals surface area contributed by atoms with Crippen LogP contribution in [0.3, 0.4) is 0 Å². The minimum absolute atomic E-state index is 0.0754. The van der Waals surface area contributed by atoms with Crippen LogP contribution in [0.15, 0.2) is 0 Å². The Hall–Kier alpha value is -0.610. The summed E-state index contributed by atoms with van der Waals surface area (Å²) in [5, 5.41) is 2.72. The zero-order valence-electron chi connectivity index (χ0n) is 7.80. The predicted octanol–water partition coefficient (Wildman–Crippen LogP) is -0.124. The minimum atomic E-state index is -0.368. The minimum Gasteiger partial charge on any atom is -0.385 e. The highest BCUT2D eigenvalue weighted by Gasteiger charge is 2.08. The van der Waals surface area contributed by atoms with Gasteiger partial charge in [-0.2, -0.15) is 0 Å². The highest BCUT2D eigenvalue weighted by atomic mass is 16.5. The van der Waals surface area contributed by atoms with Crippen molar-refractivity contribution in [1.82, 2.24) is 5.32 Å². The maximum absolute atomic E-state index is 11.1. The first-order valence-electron chi connectivity index (χ1n) is 4.24. The van der Waals surface area contributed by atoms with Gasteiger partial charge in [0.2, 0.25) is 5.91 Å². The smallest absolute Gasteiger partial charge is 0.236 e. The Balaban J connectivity index is 3.31. The summed E-state index contributed by atoms with van der Waals surface area (Å²) in [5.41, 5.74) is 5.49. The molecule has 0 aliphatic carbocycles. The monoisotopic (exact) mass is 174 g/mol. The standard InChI is InChI=1S/C8H18N2O2/c1-3-7(9)8(11)10-5-4-6-12-2/h7H,3-6,9H2,1-2H3,(H,10,11)/t7-/m1/s1. The van der Waals surface area contributed by atoms with E-state index in [-0.39, 0.29) is 11.9 Å². The molecule has 0 aromatic rings. The fourth-order valence-corrected chi connectivity index (χ4v) is 0.745. The molecule has 0 aliphatic rings.